The first-order valence-corrected chi connectivity index (χ1v) is 7.45. The lowest BCUT2D eigenvalue weighted by molar-refractivity contribution is 0.124. The van der Waals surface area contributed by atoms with Gasteiger partial charge in [-0.25, -0.2) is 0 Å². The van der Waals surface area contributed by atoms with Crippen molar-refractivity contribution >= 4 is 0 Å². The van der Waals surface area contributed by atoms with Gasteiger partial charge in [0.2, 0.25) is 0 Å². The minimum atomic E-state index is 0.831. The van der Waals surface area contributed by atoms with Gasteiger partial charge in [0.15, 0.2) is 0 Å². The highest BCUT2D eigenvalue weighted by Gasteiger charge is 2.14. The van der Waals surface area contributed by atoms with Crippen molar-refractivity contribution in [3.8, 4) is 5.75 Å². The third-order valence-corrected chi connectivity index (χ3v) is 4.12. The lowest BCUT2D eigenvalue weighted by atomic mass is 10.1. The normalized spacial score (nSPS) is 21.4. The Morgan fingerprint density at radius 2 is 2.32 bits per heavy atom. The molecule has 2 heterocycles. The number of hydrogen-bond donors (Lipinski definition) is 1. The fraction of sp³-hybridized carbons (Fsp3) is 0.625. The highest BCUT2D eigenvalue weighted by Crippen LogP contribution is 2.25. The third kappa shape index (κ3) is 3.48. The lowest BCUT2D eigenvalue weighted by Gasteiger charge is -2.09. The Bertz CT molecular complexity index is 413. The number of fused-ring (bicyclic) bond motifs is 1. The molecule has 1 aromatic rings. The summed E-state index contributed by atoms with van der Waals surface area (Å²) in [5.74, 6) is 1.90. The van der Waals surface area contributed by atoms with Gasteiger partial charge in [0.25, 0.3) is 0 Å². The Hall–Kier alpha value is -1.06. The van der Waals surface area contributed by atoms with Crippen LogP contribution < -0.4 is 10.1 Å². The Morgan fingerprint density at radius 3 is 3.21 bits per heavy atom. The van der Waals surface area contributed by atoms with Crippen molar-refractivity contribution in [1.29, 1.82) is 0 Å². The molecule has 1 aromatic carbocycles. The highest BCUT2D eigenvalue weighted by atomic mass is 16.5. The molecule has 0 radical (unpaired) electrons. The SMILES string of the molecule is c1cc2c(cc1CCOCCC1CCNC1)CCO2. The third-order valence-electron chi connectivity index (χ3n) is 4.12. The summed E-state index contributed by atoms with van der Waals surface area (Å²) in [6.07, 6.45) is 4.58. The van der Waals surface area contributed by atoms with Crippen LogP contribution >= 0.6 is 0 Å². The predicted molar refractivity (Wildman–Crippen MR) is 75.8 cm³/mol. The van der Waals surface area contributed by atoms with E-state index in [2.05, 4.69) is 23.5 Å². The summed E-state index contributed by atoms with van der Waals surface area (Å²) >= 11 is 0. The standard InChI is InChI=1S/C16H23NO2/c1-2-16-15(6-10-19-16)11-13(1)4-8-18-9-5-14-3-7-17-12-14/h1-2,11,14,17H,3-10,12H2. The second-order valence-electron chi connectivity index (χ2n) is 5.55. The van der Waals surface area contributed by atoms with E-state index in [0.717, 1.165) is 44.3 Å². The van der Waals surface area contributed by atoms with Crippen molar-refractivity contribution < 1.29 is 9.47 Å². The molecule has 2 aliphatic rings. The first kappa shape index (κ1) is 12.9. The average molecular weight is 261 g/mol. The quantitative estimate of drug-likeness (QED) is 0.796. The molecule has 3 nitrogen and oxygen atoms in total. The van der Waals surface area contributed by atoms with Crippen molar-refractivity contribution in [2.45, 2.75) is 25.7 Å². The minimum absolute atomic E-state index is 0.831. The Balaban J connectivity index is 1.35. The number of benzene rings is 1. The van der Waals surface area contributed by atoms with Gasteiger partial charge in [0.1, 0.15) is 5.75 Å². The molecule has 1 atom stereocenters. The van der Waals surface area contributed by atoms with Crippen LogP contribution in [0, 0.1) is 5.92 Å². The summed E-state index contributed by atoms with van der Waals surface area (Å²) in [6, 6.07) is 6.53. The van der Waals surface area contributed by atoms with E-state index in [4.69, 9.17) is 9.47 Å². The van der Waals surface area contributed by atoms with Gasteiger partial charge in [-0.3, -0.25) is 0 Å². The van der Waals surface area contributed by atoms with Crippen LogP contribution in [-0.4, -0.2) is 32.9 Å². The molecule has 0 spiro atoms. The highest BCUT2D eigenvalue weighted by molar-refractivity contribution is 5.39. The molecular formula is C16H23NO2. The maximum Gasteiger partial charge on any atom is 0.122 e. The molecule has 104 valence electrons. The van der Waals surface area contributed by atoms with Crippen LogP contribution in [0.2, 0.25) is 0 Å². The van der Waals surface area contributed by atoms with Gasteiger partial charge in [-0.15, -0.1) is 0 Å². The number of hydrogen-bond acceptors (Lipinski definition) is 3. The minimum Gasteiger partial charge on any atom is -0.493 e. The molecule has 1 N–H and O–H groups in total. The van der Waals surface area contributed by atoms with Crippen LogP contribution in [0.5, 0.6) is 5.75 Å². The zero-order valence-electron chi connectivity index (χ0n) is 11.5. The van der Waals surface area contributed by atoms with Crippen LogP contribution in [-0.2, 0) is 17.6 Å². The van der Waals surface area contributed by atoms with Crippen LogP contribution in [0.4, 0.5) is 0 Å². The van der Waals surface area contributed by atoms with E-state index in [-0.39, 0.29) is 0 Å². The fourth-order valence-corrected chi connectivity index (χ4v) is 2.90. The molecule has 2 aliphatic heterocycles. The van der Waals surface area contributed by atoms with Crippen LogP contribution in [0.25, 0.3) is 0 Å². The van der Waals surface area contributed by atoms with Crippen molar-refractivity contribution in [3.63, 3.8) is 0 Å². The fourth-order valence-electron chi connectivity index (χ4n) is 2.90. The number of ether oxygens (including phenoxy) is 2. The molecule has 3 heteroatoms. The predicted octanol–water partition coefficient (Wildman–Crippen LogP) is 2.18. The topological polar surface area (TPSA) is 30.5 Å². The van der Waals surface area contributed by atoms with E-state index in [0.29, 0.717) is 0 Å². The molecule has 1 saturated heterocycles. The smallest absolute Gasteiger partial charge is 0.122 e. The molecule has 0 aromatic heterocycles. The summed E-state index contributed by atoms with van der Waals surface area (Å²) < 4.78 is 11.3. The summed E-state index contributed by atoms with van der Waals surface area (Å²) in [5.41, 5.74) is 2.72. The van der Waals surface area contributed by atoms with E-state index >= 15 is 0 Å². The second-order valence-corrected chi connectivity index (χ2v) is 5.55. The zero-order valence-corrected chi connectivity index (χ0v) is 11.5. The average Bonchev–Trinajstić information content (AvgIpc) is 3.08. The van der Waals surface area contributed by atoms with Crippen molar-refractivity contribution in [2.75, 3.05) is 32.9 Å². The van der Waals surface area contributed by atoms with E-state index < -0.39 is 0 Å². The molecule has 1 fully saturated rings. The zero-order chi connectivity index (χ0) is 12.9. The van der Waals surface area contributed by atoms with Crippen molar-refractivity contribution in [1.82, 2.24) is 5.32 Å². The van der Waals surface area contributed by atoms with Crippen LogP contribution in [0.15, 0.2) is 18.2 Å². The summed E-state index contributed by atoms with van der Waals surface area (Å²) in [5, 5.41) is 3.40. The Labute approximate surface area is 115 Å². The van der Waals surface area contributed by atoms with Crippen LogP contribution in [0.1, 0.15) is 24.0 Å². The van der Waals surface area contributed by atoms with E-state index in [9.17, 15) is 0 Å². The Kier molecular flexibility index (Phi) is 4.36. The second kappa shape index (κ2) is 6.40. The Morgan fingerprint density at radius 1 is 1.32 bits per heavy atom. The summed E-state index contributed by atoms with van der Waals surface area (Å²) in [7, 11) is 0. The molecule has 0 bridgehead atoms. The molecule has 0 amide bonds. The van der Waals surface area contributed by atoms with Gasteiger partial charge in [-0.1, -0.05) is 12.1 Å². The number of rotatable bonds is 6. The van der Waals surface area contributed by atoms with Crippen LogP contribution in [0.3, 0.4) is 0 Å². The lowest BCUT2D eigenvalue weighted by Crippen LogP contribution is -2.11. The van der Waals surface area contributed by atoms with Gasteiger partial charge < -0.3 is 14.8 Å². The maximum atomic E-state index is 5.76. The molecular weight excluding hydrogens is 238 g/mol. The first-order chi connectivity index (χ1) is 9.42. The van der Waals surface area contributed by atoms with Crippen molar-refractivity contribution in [2.24, 2.45) is 5.92 Å². The van der Waals surface area contributed by atoms with Gasteiger partial charge in [-0.2, -0.15) is 0 Å². The maximum absolute atomic E-state index is 5.76. The monoisotopic (exact) mass is 261 g/mol. The largest absolute Gasteiger partial charge is 0.493 e. The van der Waals surface area contributed by atoms with E-state index in [1.165, 1.54) is 37.1 Å². The molecule has 3 rings (SSSR count). The molecule has 19 heavy (non-hydrogen) atoms. The van der Waals surface area contributed by atoms with Crippen molar-refractivity contribution in [3.05, 3.63) is 29.3 Å². The molecule has 0 saturated carbocycles. The van der Waals surface area contributed by atoms with Gasteiger partial charge in [0.05, 0.1) is 13.2 Å². The number of nitrogens with one attached hydrogen (secondary N) is 1. The first-order valence-electron chi connectivity index (χ1n) is 7.45. The molecule has 1 unspecified atom stereocenters. The summed E-state index contributed by atoms with van der Waals surface area (Å²) in [4.78, 5) is 0. The van der Waals surface area contributed by atoms with Gasteiger partial charge in [-0.05, 0) is 55.5 Å². The van der Waals surface area contributed by atoms with E-state index in [1.54, 1.807) is 0 Å². The van der Waals surface area contributed by atoms with E-state index in [1.807, 2.05) is 0 Å². The summed E-state index contributed by atoms with van der Waals surface area (Å²) in [6.45, 7) is 4.93. The van der Waals surface area contributed by atoms with Gasteiger partial charge in [0, 0.05) is 13.0 Å². The molecule has 0 aliphatic carbocycles. The van der Waals surface area contributed by atoms with Gasteiger partial charge >= 0.3 is 0 Å².